The molecule has 32 heavy (non-hydrogen) atoms. The molecule has 0 aliphatic carbocycles. The van der Waals surface area contributed by atoms with Crippen molar-refractivity contribution in [1.29, 1.82) is 0 Å². The quantitative estimate of drug-likeness (QED) is 0.452. The Morgan fingerprint density at radius 2 is 1.53 bits per heavy atom. The van der Waals surface area contributed by atoms with Crippen molar-refractivity contribution < 1.29 is 18.4 Å². The van der Waals surface area contributed by atoms with E-state index in [1.54, 1.807) is 24.3 Å². The molecule has 4 aromatic rings. The second-order valence-corrected chi connectivity index (χ2v) is 8.02. The summed E-state index contributed by atoms with van der Waals surface area (Å²) in [5.74, 6) is 0.0532. The molecular weight excluding hydrogens is 408 g/mol. The molecule has 2 heterocycles. The number of fused-ring (bicyclic) bond motifs is 2. The number of primary amides is 1. The van der Waals surface area contributed by atoms with Crippen molar-refractivity contribution in [3.63, 3.8) is 0 Å². The van der Waals surface area contributed by atoms with E-state index in [0.29, 0.717) is 22.4 Å². The van der Waals surface area contributed by atoms with E-state index in [1.165, 1.54) is 0 Å². The lowest BCUT2D eigenvalue weighted by Gasteiger charge is -2.10. The van der Waals surface area contributed by atoms with Crippen molar-refractivity contribution in [2.45, 2.75) is 40.5 Å². The van der Waals surface area contributed by atoms with Crippen LogP contribution in [0.3, 0.4) is 0 Å². The minimum absolute atomic E-state index is 0.111. The van der Waals surface area contributed by atoms with E-state index in [-0.39, 0.29) is 18.7 Å². The highest BCUT2D eigenvalue weighted by Gasteiger charge is 2.19. The van der Waals surface area contributed by atoms with Gasteiger partial charge >= 0.3 is 5.63 Å². The molecule has 0 atom stereocenters. The smallest absolute Gasteiger partial charge is 0.339 e. The summed E-state index contributed by atoms with van der Waals surface area (Å²) in [6.07, 6.45) is 0.357. The average Bonchev–Trinajstić information content (AvgIpc) is 3.04. The van der Waals surface area contributed by atoms with Crippen LogP contribution in [0.5, 0.6) is 0 Å². The molecule has 164 valence electrons. The second-order valence-electron chi connectivity index (χ2n) is 8.02. The number of furan rings is 1. The van der Waals surface area contributed by atoms with Gasteiger partial charge in [0, 0.05) is 39.6 Å². The van der Waals surface area contributed by atoms with E-state index in [1.807, 2.05) is 33.8 Å². The summed E-state index contributed by atoms with van der Waals surface area (Å²) in [5.41, 5.74) is 10.0. The fourth-order valence-electron chi connectivity index (χ4n) is 3.96. The van der Waals surface area contributed by atoms with Crippen LogP contribution in [0.2, 0.25) is 0 Å². The van der Waals surface area contributed by atoms with E-state index in [4.69, 9.17) is 14.6 Å². The monoisotopic (exact) mass is 432 g/mol. The highest BCUT2D eigenvalue weighted by Crippen LogP contribution is 2.34. The van der Waals surface area contributed by atoms with Gasteiger partial charge in [0.05, 0.1) is 0 Å². The predicted octanol–water partition coefficient (Wildman–Crippen LogP) is 4.44. The first-order valence-electron chi connectivity index (χ1n) is 10.3. The van der Waals surface area contributed by atoms with Crippen LogP contribution >= 0.6 is 0 Å². The maximum atomic E-state index is 12.7. The van der Waals surface area contributed by atoms with Gasteiger partial charge in [-0.15, -0.1) is 0 Å². The Balaban J connectivity index is 1.61. The number of nitrogens with one attached hydrogen (secondary N) is 1. The van der Waals surface area contributed by atoms with Gasteiger partial charge in [0.1, 0.15) is 16.9 Å². The minimum atomic E-state index is -0.533. The third kappa shape index (κ3) is 3.66. The molecule has 4 rings (SSSR count). The predicted molar refractivity (Wildman–Crippen MR) is 123 cm³/mol. The standard InChI is InChI=1S/C25H24N2O5/c1-12-15(4)31-22-14(3)23-20(11-19(12)22)13(2)18(25(30)32-23)9-10-21(28)27-17-7-5-16(6-8-17)24(26)29/h5-8,11H,9-10H2,1-4H3,(H2,26,29)(H,27,28). The molecule has 0 aliphatic rings. The number of carbonyl (C=O) groups excluding carboxylic acids is 2. The van der Waals surface area contributed by atoms with E-state index >= 15 is 0 Å². The number of anilines is 1. The van der Waals surface area contributed by atoms with Crippen LogP contribution in [0, 0.1) is 27.7 Å². The molecule has 3 N–H and O–H groups in total. The zero-order valence-electron chi connectivity index (χ0n) is 18.4. The van der Waals surface area contributed by atoms with Crippen LogP contribution in [-0.2, 0) is 11.2 Å². The van der Waals surface area contributed by atoms with Crippen molar-refractivity contribution in [2.75, 3.05) is 5.32 Å². The number of hydrogen-bond donors (Lipinski definition) is 2. The van der Waals surface area contributed by atoms with Gasteiger partial charge in [-0.3, -0.25) is 9.59 Å². The first-order valence-corrected chi connectivity index (χ1v) is 10.3. The number of rotatable bonds is 5. The molecule has 7 nitrogen and oxygen atoms in total. The number of nitrogens with two attached hydrogens (primary N) is 1. The van der Waals surface area contributed by atoms with Gasteiger partial charge in [0.25, 0.3) is 0 Å². The van der Waals surface area contributed by atoms with Gasteiger partial charge in [0.2, 0.25) is 11.8 Å². The van der Waals surface area contributed by atoms with E-state index in [2.05, 4.69) is 5.32 Å². The van der Waals surface area contributed by atoms with Gasteiger partial charge in [-0.25, -0.2) is 4.79 Å². The SMILES string of the molecule is Cc1oc2c(C)c3oc(=O)c(CCC(=O)Nc4ccc(C(N)=O)cc4)c(C)c3cc2c1C. The lowest BCUT2D eigenvalue weighted by Crippen LogP contribution is -2.17. The van der Waals surface area contributed by atoms with Crippen molar-refractivity contribution in [3.05, 3.63) is 74.3 Å². The summed E-state index contributed by atoms with van der Waals surface area (Å²) in [6.45, 7) is 7.67. The van der Waals surface area contributed by atoms with Gasteiger partial charge in [0.15, 0.2) is 0 Å². The number of benzene rings is 2. The van der Waals surface area contributed by atoms with Gasteiger partial charge in [-0.05, 0) is 75.6 Å². The first-order chi connectivity index (χ1) is 15.2. The largest absolute Gasteiger partial charge is 0.461 e. The lowest BCUT2D eigenvalue weighted by atomic mass is 9.98. The number of carbonyl (C=O) groups is 2. The van der Waals surface area contributed by atoms with Gasteiger partial charge in [-0.1, -0.05) is 0 Å². The van der Waals surface area contributed by atoms with Crippen LogP contribution in [0.4, 0.5) is 5.69 Å². The van der Waals surface area contributed by atoms with Crippen LogP contribution < -0.4 is 16.7 Å². The molecule has 0 aliphatic heterocycles. The van der Waals surface area contributed by atoms with Crippen molar-refractivity contribution >= 4 is 39.4 Å². The number of aryl methyl sites for hydroxylation is 4. The third-order valence-corrected chi connectivity index (χ3v) is 6.00. The molecule has 0 bridgehead atoms. The topological polar surface area (TPSA) is 116 Å². The Kier molecular flexibility index (Phi) is 5.34. The van der Waals surface area contributed by atoms with Crippen molar-refractivity contribution in [1.82, 2.24) is 0 Å². The summed E-state index contributed by atoms with van der Waals surface area (Å²) in [4.78, 5) is 36.3. The summed E-state index contributed by atoms with van der Waals surface area (Å²) >= 11 is 0. The molecule has 0 saturated heterocycles. The second kappa shape index (κ2) is 8.00. The third-order valence-electron chi connectivity index (χ3n) is 6.00. The summed E-state index contributed by atoms with van der Waals surface area (Å²) in [7, 11) is 0. The number of hydrogen-bond acceptors (Lipinski definition) is 5. The zero-order chi connectivity index (χ0) is 23.2. The van der Waals surface area contributed by atoms with E-state index in [0.717, 1.165) is 38.8 Å². The molecule has 0 unspecified atom stereocenters. The molecule has 0 radical (unpaired) electrons. The molecule has 0 saturated carbocycles. The van der Waals surface area contributed by atoms with Gasteiger partial charge in [-0.2, -0.15) is 0 Å². The van der Waals surface area contributed by atoms with Crippen LogP contribution in [0.1, 0.15) is 44.8 Å². The summed E-state index contributed by atoms with van der Waals surface area (Å²) in [5, 5.41) is 4.60. The fraction of sp³-hybridized carbons (Fsp3) is 0.240. The highest BCUT2D eigenvalue weighted by atomic mass is 16.4. The summed E-state index contributed by atoms with van der Waals surface area (Å²) in [6, 6.07) is 8.30. The van der Waals surface area contributed by atoms with Crippen molar-refractivity contribution in [3.8, 4) is 0 Å². The maximum Gasteiger partial charge on any atom is 0.339 e. The van der Waals surface area contributed by atoms with Crippen LogP contribution in [-0.4, -0.2) is 11.8 Å². The lowest BCUT2D eigenvalue weighted by molar-refractivity contribution is -0.116. The highest BCUT2D eigenvalue weighted by molar-refractivity contribution is 6.00. The molecule has 0 fully saturated rings. The molecule has 7 heteroatoms. The fourth-order valence-corrected chi connectivity index (χ4v) is 3.96. The summed E-state index contributed by atoms with van der Waals surface area (Å²) < 4.78 is 11.5. The Bertz CT molecular complexity index is 1440. The average molecular weight is 432 g/mol. The molecule has 2 amide bonds. The van der Waals surface area contributed by atoms with E-state index < -0.39 is 11.5 Å². The van der Waals surface area contributed by atoms with Crippen LogP contribution in [0.25, 0.3) is 21.9 Å². The van der Waals surface area contributed by atoms with E-state index in [9.17, 15) is 14.4 Å². The molecule has 2 aromatic carbocycles. The Morgan fingerprint density at radius 1 is 0.906 bits per heavy atom. The maximum absolute atomic E-state index is 12.7. The number of amides is 2. The van der Waals surface area contributed by atoms with Gasteiger partial charge < -0.3 is 19.9 Å². The molecule has 2 aromatic heterocycles. The van der Waals surface area contributed by atoms with Crippen LogP contribution in [0.15, 0.2) is 44.0 Å². The molecular formula is C25H24N2O5. The Labute approximate surface area is 184 Å². The first kappa shape index (κ1) is 21.4. The zero-order valence-corrected chi connectivity index (χ0v) is 18.4. The molecule has 0 spiro atoms. The van der Waals surface area contributed by atoms with Crippen molar-refractivity contribution in [2.24, 2.45) is 5.73 Å². The Morgan fingerprint density at radius 3 is 2.19 bits per heavy atom. The Hall–Kier alpha value is -3.87. The minimum Gasteiger partial charge on any atom is -0.461 e. The normalized spacial score (nSPS) is 11.2.